The van der Waals surface area contributed by atoms with E-state index in [1.807, 2.05) is 6.07 Å². The summed E-state index contributed by atoms with van der Waals surface area (Å²) >= 11 is 0. The zero-order chi connectivity index (χ0) is 16.0. The van der Waals surface area contributed by atoms with Gasteiger partial charge in [0, 0.05) is 32.4 Å². The van der Waals surface area contributed by atoms with Crippen molar-refractivity contribution in [1.82, 2.24) is 9.29 Å². The Labute approximate surface area is 134 Å². The molecule has 0 aromatic carbocycles. The third-order valence-electron chi connectivity index (χ3n) is 4.16. The van der Waals surface area contributed by atoms with E-state index < -0.39 is 10.0 Å². The van der Waals surface area contributed by atoms with Crippen molar-refractivity contribution in [1.29, 1.82) is 0 Å². The van der Waals surface area contributed by atoms with Crippen LogP contribution in [0.1, 0.15) is 46.0 Å². The van der Waals surface area contributed by atoms with Gasteiger partial charge in [-0.25, -0.2) is 13.4 Å². The van der Waals surface area contributed by atoms with Crippen LogP contribution in [0.2, 0.25) is 0 Å². The Morgan fingerprint density at radius 3 is 2.45 bits per heavy atom. The van der Waals surface area contributed by atoms with Crippen LogP contribution < -0.4 is 4.90 Å². The van der Waals surface area contributed by atoms with Gasteiger partial charge < -0.3 is 4.90 Å². The second kappa shape index (κ2) is 7.92. The summed E-state index contributed by atoms with van der Waals surface area (Å²) in [5.74, 6) is 0.855. The molecule has 0 saturated carbocycles. The van der Waals surface area contributed by atoms with Crippen molar-refractivity contribution in [3.05, 3.63) is 18.3 Å². The van der Waals surface area contributed by atoms with Crippen LogP contribution in [-0.4, -0.2) is 43.9 Å². The molecule has 0 atom stereocenters. The lowest BCUT2D eigenvalue weighted by Crippen LogP contribution is -2.35. The fourth-order valence-corrected chi connectivity index (χ4v) is 4.21. The summed E-state index contributed by atoms with van der Waals surface area (Å²) in [6.45, 7) is 7.35. The summed E-state index contributed by atoms with van der Waals surface area (Å²) in [5.41, 5.74) is 0. The maximum absolute atomic E-state index is 12.6. The molecule has 0 radical (unpaired) electrons. The molecule has 0 N–H and O–H groups in total. The molecular weight excluding hydrogens is 298 g/mol. The van der Waals surface area contributed by atoms with Crippen molar-refractivity contribution in [3.63, 3.8) is 0 Å². The predicted molar refractivity (Wildman–Crippen MR) is 89.6 cm³/mol. The zero-order valence-corrected chi connectivity index (χ0v) is 14.5. The number of unbranched alkanes of at least 4 members (excludes halogenated alkanes) is 1. The number of anilines is 1. The van der Waals surface area contributed by atoms with Crippen molar-refractivity contribution in [2.24, 2.45) is 0 Å². The van der Waals surface area contributed by atoms with Crippen LogP contribution in [0, 0.1) is 0 Å². The fourth-order valence-electron chi connectivity index (χ4n) is 2.75. The summed E-state index contributed by atoms with van der Waals surface area (Å²) in [6.07, 6.45) is 6.78. The molecule has 0 bridgehead atoms. The first-order chi connectivity index (χ1) is 10.6. The summed E-state index contributed by atoms with van der Waals surface area (Å²) in [7, 11) is -3.38. The SMILES string of the molecule is CCCCN(CC)c1ccc(S(=O)(=O)N2CCCCC2)cn1. The van der Waals surface area contributed by atoms with Gasteiger partial charge in [0.1, 0.15) is 10.7 Å². The molecule has 6 heteroatoms. The molecule has 5 nitrogen and oxygen atoms in total. The molecule has 1 fully saturated rings. The first-order valence-corrected chi connectivity index (χ1v) is 9.74. The number of nitrogens with zero attached hydrogens (tertiary/aromatic N) is 3. The zero-order valence-electron chi connectivity index (χ0n) is 13.7. The quantitative estimate of drug-likeness (QED) is 0.773. The average molecular weight is 325 g/mol. The van der Waals surface area contributed by atoms with Gasteiger partial charge in [0.05, 0.1) is 0 Å². The Hall–Kier alpha value is -1.14. The normalized spacial score (nSPS) is 16.6. The molecular formula is C16H27N3O2S. The molecule has 0 unspecified atom stereocenters. The minimum absolute atomic E-state index is 0.310. The Kier molecular flexibility index (Phi) is 6.20. The third-order valence-corrected chi connectivity index (χ3v) is 6.04. The monoisotopic (exact) mass is 325 g/mol. The maximum Gasteiger partial charge on any atom is 0.244 e. The standard InChI is InChI=1S/C16H27N3O2S/c1-3-5-11-18(4-2)16-10-9-15(14-17-16)22(20,21)19-12-7-6-8-13-19/h9-10,14H,3-8,11-13H2,1-2H3. The molecule has 0 spiro atoms. The molecule has 0 aliphatic carbocycles. The molecule has 2 heterocycles. The van der Waals surface area contributed by atoms with Crippen LogP contribution in [0.5, 0.6) is 0 Å². The molecule has 1 aromatic heterocycles. The average Bonchev–Trinajstić information content (AvgIpc) is 2.57. The summed E-state index contributed by atoms with van der Waals surface area (Å²) in [6, 6.07) is 3.52. The van der Waals surface area contributed by atoms with Gasteiger partial charge >= 0.3 is 0 Å². The first-order valence-electron chi connectivity index (χ1n) is 8.30. The number of pyridine rings is 1. The number of piperidine rings is 1. The highest BCUT2D eigenvalue weighted by molar-refractivity contribution is 7.89. The Morgan fingerprint density at radius 2 is 1.91 bits per heavy atom. The second-order valence-corrected chi connectivity index (χ2v) is 7.69. The number of hydrogen-bond acceptors (Lipinski definition) is 4. The summed E-state index contributed by atoms with van der Waals surface area (Å²) in [4.78, 5) is 6.88. The van der Waals surface area contributed by atoms with Crippen LogP contribution in [0.15, 0.2) is 23.2 Å². The minimum atomic E-state index is -3.38. The molecule has 1 aromatic rings. The van der Waals surface area contributed by atoms with Gasteiger partial charge in [-0.2, -0.15) is 4.31 Å². The lowest BCUT2D eigenvalue weighted by molar-refractivity contribution is 0.346. The van der Waals surface area contributed by atoms with Gasteiger partial charge in [-0.15, -0.1) is 0 Å². The highest BCUT2D eigenvalue weighted by Gasteiger charge is 2.26. The highest BCUT2D eigenvalue weighted by atomic mass is 32.2. The fraction of sp³-hybridized carbons (Fsp3) is 0.688. The Bertz CT molecular complexity index is 551. The smallest absolute Gasteiger partial charge is 0.244 e. The summed E-state index contributed by atoms with van der Waals surface area (Å²) < 4.78 is 26.7. The van der Waals surface area contributed by atoms with Gasteiger partial charge in [0.2, 0.25) is 10.0 Å². The van der Waals surface area contributed by atoms with Gasteiger partial charge in [0.25, 0.3) is 0 Å². The molecule has 2 rings (SSSR count). The molecule has 1 saturated heterocycles. The van der Waals surface area contributed by atoms with Gasteiger partial charge in [-0.05, 0) is 38.3 Å². The maximum atomic E-state index is 12.6. The first kappa shape index (κ1) is 17.2. The summed E-state index contributed by atoms with van der Waals surface area (Å²) in [5, 5.41) is 0. The van der Waals surface area contributed by atoms with Crippen molar-refractivity contribution < 1.29 is 8.42 Å². The van der Waals surface area contributed by atoms with E-state index in [1.165, 1.54) is 6.20 Å². The van der Waals surface area contributed by atoms with Crippen molar-refractivity contribution in [2.75, 3.05) is 31.1 Å². The second-order valence-electron chi connectivity index (χ2n) is 5.75. The topological polar surface area (TPSA) is 53.5 Å². The van der Waals surface area contributed by atoms with E-state index in [4.69, 9.17) is 0 Å². The van der Waals surface area contributed by atoms with Crippen molar-refractivity contribution >= 4 is 15.8 Å². The lowest BCUT2D eigenvalue weighted by Gasteiger charge is -2.26. The van der Waals surface area contributed by atoms with E-state index in [9.17, 15) is 8.42 Å². The molecule has 1 aliphatic rings. The molecule has 124 valence electrons. The van der Waals surface area contributed by atoms with Crippen LogP contribution >= 0.6 is 0 Å². The minimum Gasteiger partial charge on any atom is -0.357 e. The van der Waals surface area contributed by atoms with Gasteiger partial charge in [0.15, 0.2) is 0 Å². The molecule has 22 heavy (non-hydrogen) atoms. The Morgan fingerprint density at radius 1 is 1.18 bits per heavy atom. The van der Waals surface area contributed by atoms with E-state index in [0.29, 0.717) is 18.0 Å². The number of rotatable bonds is 7. The lowest BCUT2D eigenvalue weighted by atomic mass is 10.2. The predicted octanol–water partition coefficient (Wildman–Crippen LogP) is 2.88. The van der Waals surface area contributed by atoms with E-state index in [1.54, 1.807) is 10.4 Å². The van der Waals surface area contributed by atoms with E-state index in [0.717, 1.165) is 51.0 Å². The number of hydrogen-bond donors (Lipinski definition) is 0. The van der Waals surface area contributed by atoms with Gasteiger partial charge in [-0.3, -0.25) is 0 Å². The Balaban J connectivity index is 2.13. The number of sulfonamides is 1. The van der Waals surface area contributed by atoms with Crippen LogP contribution in [0.3, 0.4) is 0 Å². The highest BCUT2D eigenvalue weighted by Crippen LogP contribution is 2.21. The van der Waals surface area contributed by atoms with E-state index >= 15 is 0 Å². The van der Waals surface area contributed by atoms with Crippen LogP contribution in [0.4, 0.5) is 5.82 Å². The van der Waals surface area contributed by atoms with Crippen molar-refractivity contribution in [3.8, 4) is 0 Å². The van der Waals surface area contributed by atoms with E-state index in [-0.39, 0.29) is 0 Å². The molecule has 0 amide bonds. The van der Waals surface area contributed by atoms with Gasteiger partial charge in [-0.1, -0.05) is 19.8 Å². The number of aromatic nitrogens is 1. The third kappa shape index (κ3) is 3.98. The van der Waals surface area contributed by atoms with Crippen molar-refractivity contribution in [2.45, 2.75) is 50.8 Å². The largest absolute Gasteiger partial charge is 0.357 e. The van der Waals surface area contributed by atoms with E-state index in [2.05, 4.69) is 23.7 Å². The van der Waals surface area contributed by atoms with Crippen LogP contribution in [0.25, 0.3) is 0 Å². The van der Waals surface area contributed by atoms with Crippen LogP contribution in [-0.2, 0) is 10.0 Å². The molecule has 1 aliphatic heterocycles.